The van der Waals surface area contributed by atoms with Crippen LogP contribution in [0.3, 0.4) is 0 Å². The fourth-order valence-corrected chi connectivity index (χ4v) is 3.72. The van der Waals surface area contributed by atoms with Crippen LogP contribution in [0.15, 0.2) is 29.1 Å². The zero-order valence-electron chi connectivity index (χ0n) is 14.4. The number of carbonyl (C=O) groups is 1. The average molecular weight is 372 g/mol. The van der Waals surface area contributed by atoms with Crippen molar-refractivity contribution >= 4 is 38.8 Å². The third kappa shape index (κ3) is 3.21. The Morgan fingerprint density at radius 2 is 2.08 bits per heavy atom. The van der Waals surface area contributed by atoms with Crippen molar-refractivity contribution in [2.75, 3.05) is 5.32 Å². The van der Waals surface area contributed by atoms with Gasteiger partial charge in [0.25, 0.3) is 11.2 Å². The minimum Gasteiger partial charge on any atom is -0.324 e. The summed E-state index contributed by atoms with van der Waals surface area (Å²) in [5.41, 5.74) is 0.786. The predicted molar refractivity (Wildman–Crippen MR) is 99.8 cm³/mol. The summed E-state index contributed by atoms with van der Waals surface area (Å²) >= 11 is 1.45. The van der Waals surface area contributed by atoms with Crippen LogP contribution in [0, 0.1) is 30.9 Å². The van der Waals surface area contributed by atoms with Crippen LogP contribution in [-0.2, 0) is 11.3 Å². The summed E-state index contributed by atoms with van der Waals surface area (Å²) in [4.78, 5) is 41.5. The van der Waals surface area contributed by atoms with E-state index in [1.165, 1.54) is 34.1 Å². The molecule has 0 aliphatic rings. The van der Waals surface area contributed by atoms with Gasteiger partial charge in [0.05, 0.1) is 10.3 Å². The topological polar surface area (TPSA) is 107 Å². The molecule has 0 fully saturated rings. The van der Waals surface area contributed by atoms with Gasteiger partial charge in [0.15, 0.2) is 0 Å². The summed E-state index contributed by atoms with van der Waals surface area (Å²) in [5.74, 6) is -0.0144. The van der Waals surface area contributed by atoms with Gasteiger partial charge in [-0.3, -0.25) is 24.3 Å². The van der Waals surface area contributed by atoms with Crippen LogP contribution in [0.25, 0.3) is 10.2 Å². The smallest absolute Gasteiger partial charge is 0.271 e. The van der Waals surface area contributed by atoms with Gasteiger partial charge in [0.1, 0.15) is 17.2 Å². The standard InChI is InChI=1S/C17H16N4O4S/c1-9-10(2)26-16-15(9)17(23)20(11(3)18-16)8-14(22)19-12-5-4-6-13(7-12)21(24)25/h4-7H,8H2,1-3H3,(H,19,22). The number of benzene rings is 1. The van der Waals surface area contributed by atoms with Gasteiger partial charge in [0, 0.05) is 22.7 Å². The van der Waals surface area contributed by atoms with Crippen LogP contribution in [-0.4, -0.2) is 20.4 Å². The van der Waals surface area contributed by atoms with E-state index in [1.807, 2.05) is 13.8 Å². The average Bonchev–Trinajstić information content (AvgIpc) is 2.86. The highest BCUT2D eigenvalue weighted by molar-refractivity contribution is 7.18. The van der Waals surface area contributed by atoms with E-state index in [-0.39, 0.29) is 17.8 Å². The lowest BCUT2D eigenvalue weighted by atomic mass is 10.2. The van der Waals surface area contributed by atoms with E-state index in [1.54, 1.807) is 13.0 Å². The lowest BCUT2D eigenvalue weighted by molar-refractivity contribution is -0.384. The molecule has 0 saturated heterocycles. The Hall–Kier alpha value is -3.07. The predicted octanol–water partition coefficient (Wildman–Crippen LogP) is 2.93. The zero-order chi connectivity index (χ0) is 19.0. The largest absolute Gasteiger partial charge is 0.324 e. The van der Waals surface area contributed by atoms with Crippen molar-refractivity contribution in [1.82, 2.24) is 9.55 Å². The van der Waals surface area contributed by atoms with E-state index in [2.05, 4.69) is 10.3 Å². The Labute approximate surface area is 152 Å². The maximum absolute atomic E-state index is 12.8. The summed E-state index contributed by atoms with van der Waals surface area (Å²) < 4.78 is 1.31. The van der Waals surface area contributed by atoms with Crippen LogP contribution >= 0.6 is 11.3 Å². The number of nitro benzene ring substituents is 1. The summed E-state index contributed by atoms with van der Waals surface area (Å²) in [7, 11) is 0. The second kappa shape index (κ2) is 6.68. The molecule has 0 radical (unpaired) electrons. The number of thiophene rings is 1. The molecule has 8 nitrogen and oxygen atoms in total. The number of hydrogen-bond acceptors (Lipinski definition) is 6. The van der Waals surface area contributed by atoms with E-state index in [4.69, 9.17) is 0 Å². The number of non-ortho nitro benzene ring substituents is 1. The highest BCUT2D eigenvalue weighted by Gasteiger charge is 2.16. The lowest BCUT2D eigenvalue weighted by Gasteiger charge is -2.10. The first-order chi connectivity index (χ1) is 12.3. The van der Waals surface area contributed by atoms with Gasteiger partial charge in [-0.05, 0) is 32.4 Å². The molecular formula is C17H16N4O4S. The quantitative estimate of drug-likeness (QED) is 0.560. The first-order valence-electron chi connectivity index (χ1n) is 7.79. The van der Waals surface area contributed by atoms with Gasteiger partial charge < -0.3 is 5.32 Å². The summed E-state index contributed by atoms with van der Waals surface area (Å²) in [6.07, 6.45) is 0. The monoisotopic (exact) mass is 372 g/mol. The van der Waals surface area contributed by atoms with Crippen molar-refractivity contribution in [3.63, 3.8) is 0 Å². The lowest BCUT2D eigenvalue weighted by Crippen LogP contribution is -2.30. The van der Waals surface area contributed by atoms with Gasteiger partial charge in [-0.2, -0.15) is 0 Å². The van der Waals surface area contributed by atoms with Crippen molar-refractivity contribution in [3.05, 3.63) is 61.0 Å². The third-order valence-electron chi connectivity index (χ3n) is 4.12. The van der Waals surface area contributed by atoms with Gasteiger partial charge in [0.2, 0.25) is 5.91 Å². The van der Waals surface area contributed by atoms with Crippen molar-refractivity contribution in [2.45, 2.75) is 27.3 Å². The summed E-state index contributed by atoms with van der Waals surface area (Å²) in [5, 5.41) is 13.9. The number of fused-ring (bicyclic) bond motifs is 1. The van der Waals surface area contributed by atoms with E-state index in [0.29, 0.717) is 21.7 Å². The zero-order valence-corrected chi connectivity index (χ0v) is 15.2. The summed E-state index contributed by atoms with van der Waals surface area (Å²) in [6.45, 7) is 5.24. The Balaban J connectivity index is 1.90. The molecule has 0 unspecified atom stereocenters. The fraction of sp³-hybridized carbons (Fsp3) is 0.235. The van der Waals surface area contributed by atoms with E-state index < -0.39 is 10.8 Å². The fourth-order valence-electron chi connectivity index (χ4n) is 2.66. The van der Waals surface area contributed by atoms with E-state index >= 15 is 0 Å². The number of nitrogens with one attached hydrogen (secondary N) is 1. The molecule has 0 bridgehead atoms. The number of nitrogens with zero attached hydrogens (tertiary/aromatic N) is 3. The van der Waals surface area contributed by atoms with Crippen LogP contribution in [0.4, 0.5) is 11.4 Å². The molecule has 0 atom stereocenters. The van der Waals surface area contributed by atoms with Crippen LogP contribution in [0.5, 0.6) is 0 Å². The van der Waals surface area contributed by atoms with Crippen molar-refractivity contribution in [2.24, 2.45) is 0 Å². The maximum Gasteiger partial charge on any atom is 0.271 e. The molecule has 3 rings (SSSR count). The number of carbonyl (C=O) groups excluding carboxylic acids is 1. The molecule has 1 aromatic carbocycles. The van der Waals surface area contributed by atoms with Crippen molar-refractivity contribution < 1.29 is 9.72 Å². The van der Waals surface area contributed by atoms with Crippen molar-refractivity contribution in [1.29, 1.82) is 0 Å². The molecule has 0 spiro atoms. The molecular weight excluding hydrogens is 356 g/mol. The SMILES string of the molecule is Cc1sc2nc(C)n(CC(=O)Nc3cccc([N+](=O)[O-])c3)c(=O)c2c1C. The number of aryl methyl sites for hydroxylation is 3. The molecule has 0 saturated carbocycles. The molecule has 0 aliphatic carbocycles. The van der Waals surface area contributed by atoms with Crippen LogP contribution in [0.2, 0.25) is 0 Å². The minimum atomic E-state index is -0.538. The Morgan fingerprint density at radius 1 is 1.35 bits per heavy atom. The Bertz CT molecular complexity index is 1100. The maximum atomic E-state index is 12.8. The first-order valence-corrected chi connectivity index (χ1v) is 8.61. The molecule has 0 aliphatic heterocycles. The Kier molecular flexibility index (Phi) is 4.56. The number of nitro groups is 1. The Morgan fingerprint density at radius 3 is 2.77 bits per heavy atom. The van der Waals surface area contributed by atoms with Gasteiger partial charge in [-0.15, -0.1) is 11.3 Å². The first kappa shape index (κ1) is 17.7. The molecule has 134 valence electrons. The van der Waals surface area contributed by atoms with Gasteiger partial charge >= 0.3 is 0 Å². The van der Waals surface area contributed by atoms with E-state index in [0.717, 1.165) is 10.4 Å². The normalized spacial score (nSPS) is 10.9. The second-order valence-corrected chi connectivity index (χ2v) is 7.07. The molecule has 3 aromatic rings. The molecule has 26 heavy (non-hydrogen) atoms. The number of hydrogen-bond donors (Lipinski definition) is 1. The van der Waals surface area contributed by atoms with Crippen LogP contribution in [0.1, 0.15) is 16.3 Å². The van der Waals surface area contributed by atoms with Gasteiger partial charge in [-0.1, -0.05) is 6.07 Å². The van der Waals surface area contributed by atoms with E-state index in [9.17, 15) is 19.7 Å². The highest BCUT2D eigenvalue weighted by atomic mass is 32.1. The highest BCUT2D eigenvalue weighted by Crippen LogP contribution is 2.26. The number of anilines is 1. The third-order valence-corrected chi connectivity index (χ3v) is 5.22. The molecule has 2 heterocycles. The minimum absolute atomic E-state index is 0.122. The number of aromatic nitrogens is 2. The molecule has 2 aromatic heterocycles. The van der Waals surface area contributed by atoms with Gasteiger partial charge in [-0.25, -0.2) is 4.98 Å². The van der Waals surface area contributed by atoms with Crippen LogP contribution < -0.4 is 10.9 Å². The molecule has 1 amide bonds. The number of amides is 1. The molecule has 9 heteroatoms. The molecule has 1 N–H and O–H groups in total. The summed E-state index contributed by atoms with van der Waals surface area (Å²) in [6, 6.07) is 5.63. The number of rotatable bonds is 4. The van der Waals surface area contributed by atoms with Crippen molar-refractivity contribution in [3.8, 4) is 0 Å². The second-order valence-electron chi connectivity index (χ2n) is 5.87.